The Morgan fingerprint density at radius 2 is 2.21 bits per heavy atom. The summed E-state index contributed by atoms with van der Waals surface area (Å²) in [7, 11) is 0. The van der Waals surface area contributed by atoms with Crippen molar-refractivity contribution in [1.82, 2.24) is 24.4 Å². The van der Waals surface area contributed by atoms with Gasteiger partial charge in [-0.05, 0) is 37.9 Å². The Hall–Kier alpha value is -2.14. The number of aromatic amines is 1. The van der Waals surface area contributed by atoms with E-state index in [9.17, 15) is 0 Å². The lowest BCUT2D eigenvalue weighted by Gasteiger charge is -2.31. The topological polar surface area (TPSA) is 49.7 Å². The Morgan fingerprint density at radius 1 is 1.29 bits per heavy atom. The summed E-state index contributed by atoms with van der Waals surface area (Å²) < 4.78 is 2.28. The molecular weight excluding hydrogens is 298 g/mol. The molecule has 1 aliphatic heterocycles. The minimum atomic E-state index is 0.487. The van der Waals surface area contributed by atoms with Gasteiger partial charge in [-0.2, -0.15) is 0 Å². The van der Waals surface area contributed by atoms with Crippen molar-refractivity contribution in [2.45, 2.75) is 45.2 Å². The molecule has 1 aliphatic rings. The van der Waals surface area contributed by atoms with E-state index in [1.807, 2.05) is 12.3 Å². The van der Waals surface area contributed by atoms with Crippen LogP contribution in [0.2, 0.25) is 0 Å². The van der Waals surface area contributed by atoms with Crippen molar-refractivity contribution in [2.75, 3.05) is 13.1 Å². The Balaban J connectivity index is 1.48. The van der Waals surface area contributed by atoms with Gasteiger partial charge >= 0.3 is 0 Å². The van der Waals surface area contributed by atoms with Crippen LogP contribution in [0.3, 0.4) is 0 Å². The molecule has 0 unspecified atom stereocenters. The Morgan fingerprint density at radius 3 is 3.08 bits per heavy atom. The van der Waals surface area contributed by atoms with Crippen LogP contribution < -0.4 is 0 Å². The van der Waals surface area contributed by atoms with E-state index in [2.05, 4.69) is 50.8 Å². The maximum atomic E-state index is 4.81. The molecule has 1 N–H and O–H groups in total. The molecule has 0 aliphatic carbocycles. The Kier molecular flexibility index (Phi) is 4.34. The highest BCUT2D eigenvalue weighted by atomic mass is 15.2. The maximum Gasteiger partial charge on any atom is 0.122 e. The number of H-pyrrole nitrogens is 1. The summed E-state index contributed by atoms with van der Waals surface area (Å²) in [6.07, 6.45) is 7.59. The van der Waals surface area contributed by atoms with Gasteiger partial charge in [-0.1, -0.05) is 19.1 Å². The second kappa shape index (κ2) is 6.77. The normalized spacial score (nSPS) is 19.1. The Bertz CT molecular complexity index is 770. The van der Waals surface area contributed by atoms with E-state index in [0.29, 0.717) is 5.92 Å². The third-order valence-electron chi connectivity index (χ3n) is 4.93. The van der Waals surface area contributed by atoms with Gasteiger partial charge in [0.2, 0.25) is 0 Å². The van der Waals surface area contributed by atoms with Gasteiger partial charge in [-0.3, -0.25) is 4.90 Å². The second-order valence-corrected chi connectivity index (χ2v) is 6.75. The molecule has 5 nitrogen and oxygen atoms in total. The van der Waals surface area contributed by atoms with Gasteiger partial charge in [0.1, 0.15) is 11.6 Å². The molecule has 2 aromatic heterocycles. The van der Waals surface area contributed by atoms with Gasteiger partial charge in [0.05, 0.1) is 17.6 Å². The molecule has 3 aromatic rings. The fraction of sp³-hybridized carbons (Fsp3) is 0.474. The molecule has 0 amide bonds. The summed E-state index contributed by atoms with van der Waals surface area (Å²) in [5, 5.41) is 0. The predicted octanol–water partition coefficient (Wildman–Crippen LogP) is 3.55. The van der Waals surface area contributed by atoms with Gasteiger partial charge in [0.15, 0.2) is 0 Å². The van der Waals surface area contributed by atoms with Crippen LogP contribution >= 0.6 is 0 Å². The molecule has 24 heavy (non-hydrogen) atoms. The monoisotopic (exact) mass is 323 g/mol. The first kappa shape index (κ1) is 15.4. The molecule has 0 radical (unpaired) electrons. The van der Waals surface area contributed by atoms with E-state index in [-0.39, 0.29) is 0 Å². The first-order valence-electron chi connectivity index (χ1n) is 9.00. The number of aromatic nitrogens is 4. The zero-order chi connectivity index (χ0) is 16.4. The van der Waals surface area contributed by atoms with Crippen LogP contribution in [0.1, 0.15) is 43.8 Å². The molecule has 1 aromatic carbocycles. The van der Waals surface area contributed by atoms with Crippen LogP contribution in [0.5, 0.6) is 0 Å². The van der Waals surface area contributed by atoms with Crippen molar-refractivity contribution >= 4 is 11.0 Å². The molecule has 0 spiro atoms. The van der Waals surface area contributed by atoms with Crippen molar-refractivity contribution in [3.63, 3.8) is 0 Å². The molecule has 1 fully saturated rings. The number of hydrogen-bond donors (Lipinski definition) is 1. The summed E-state index contributed by atoms with van der Waals surface area (Å²) >= 11 is 0. The van der Waals surface area contributed by atoms with Gasteiger partial charge < -0.3 is 9.55 Å². The average molecular weight is 323 g/mol. The summed E-state index contributed by atoms with van der Waals surface area (Å²) in [5.41, 5.74) is 2.21. The van der Waals surface area contributed by atoms with E-state index >= 15 is 0 Å². The van der Waals surface area contributed by atoms with Gasteiger partial charge in [0, 0.05) is 31.4 Å². The highest BCUT2D eigenvalue weighted by Crippen LogP contribution is 2.27. The highest BCUT2D eigenvalue weighted by molar-refractivity contribution is 5.74. The third-order valence-corrected chi connectivity index (χ3v) is 4.93. The maximum absolute atomic E-state index is 4.81. The molecule has 3 heterocycles. The average Bonchev–Trinajstić information content (AvgIpc) is 3.22. The quantitative estimate of drug-likeness (QED) is 0.781. The minimum absolute atomic E-state index is 0.487. The number of hydrogen-bond acceptors (Lipinski definition) is 3. The summed E-state index contributed by atoms with van der Waals surface area (Å²) in [5.74, 6) is 2.81. The van der Waals surface area contributed by atoms with E-state index in [1.54, 1.807) is 0 Å². The van der Waals surface area contributed by atoms with Crippen molar-refractivity contribution in [3.05, 3.63) is 48.3 Å². The van der Waals surface area contributed by atoms with E-state index < -0.39 is 0 Å². The SMILES string of the molecule is CCCn1ccnc1CN1CCC[C@H](c2nc3ccccc3[nH]2)C1. The number of para-hydroxylation sites is 2. The van der Waals surface area contributed by atoms with Crippen LogP contribution in [-0.4, -0.2) is 37.5 Å². The fourth-order valence-electron chi connectivity index (χ4n) is 3.72. The fourth-order valence-corrected chi connectivity index (χ4v) is 3.72. The summed E-state index contributed by atoms with van der Waals surface area (Å²) in [6.45, 7) is 6.40. The lowest BCUT2D eigenvalue weighted by Crippen LogP contribution is -2.35. The molecule has 126 valence electrons. The van der Waals surface area contributed by atoms with Crippen LogP contribution in [0.4, 0.5) is 0 Å². The van der Waals surface area contributed by atoms with Gasteiger partial charge in [-0.15, -0.1) is 0 Å². The number of imidazole rings is 2. The molecule has 5 heteroatoms. The van der Waals surface area contributed by atoms with Crippen molar-refractivity contribution in [2.24, 2.45) is 0 Å². The Labute approximate surface area is 142 Å². The van der Waals surface area contributed by atoms with Gasteiger partial charge in [0.25, 0.3) is 0 Å². The van der Waals surface area contributed by atoms with Crippen molar-refractivity contribution in [3.8, 4) is 0 Å². The largest absolute Gasteiger partial charge is 0.342 e. The van der Waals surface area contributed by atoms with Crippen LogP contribution in [0.25, 0.3) is 11.0 Å². The molecule has 1 saturated heterocycles. The minimum Gasteiger partial charge on any atom is -0.342 e. The second-order valence-electron chi connectivity index (χ2n) is 6.75. The molecule has 0 bridgehead atoms. The number of fused-ring (bicyclic) bond motifs is 1. The van der Waals surface area contributed by atoms with Gasteiger partial charge in [-0.25, -0.2) is 9.97 Å². The number of nitrogens with one attached hydrogen (secondary N) is 1. The number of rotatable bonds is 5. The number of benzene rings is 1. The zero-order valence-electron chi connectivity index (χ0n) is 14.3. The summed E-state index contributed by atoms with van der Waals surface area (Å²) in [4.78, 5) is 15.4. The summed E-state index contributed by atoms with van der Waals surface area (Å²) in [6, 6.07) is 8.30. The lowest BCUT2D eigenvalue weighted by molar-refractivity contribution is 0.190. The van der Waals surface area contributed by atoms with Crippen LogP contribution in [-0.2, 0) is 13.1 Å². The molecule has 0 saturated carbocycles. The van der Waals surface area contributed by atoms with Crippen LogP contribution in [0, 0.1) is 0 Å². The van der Waals surface area contributed by atoms with Crippen LogP contribution in [0.15, 0.2) is 36.7 Å². The molecular formula is C19H25N5. The van der Waals surface area contributed by atoms with Crippen molar-refractivity contribution < 1.29 is 0 Å². The number of nitrogens with zero attached hydrogens (tertiary/aromatic N) is 4. The third kappa shape index (κ3) is 3.08. The van der Waals surface area contributed by atoms with E-state index in [1.165, 1.54) is 18.7 Å². The first-order valence-corrected chi connectivity index (χ1v) is 9.00. The standard InChI is InChI=1S/C19H25N5/c1-2-10-24-12-9-20-18(24)14-23-11-5-6-15(13-23)19-21-16-7-3-4-8-17(16)22-19/h3-4,7-9,12,15H,2,5-6,10-11,13-14H2,1H3,(H,21,22)/t15-/m0/s1. The first-order chi connectivity index (χ1) is 11.8. The van der Waals surface area contributed by atoms with E-state index in [0.717, 1.165) is 49.5 Å². The number of aryl methyl sites for hydroxylation is 1. The van der Waals surface area contributed by atoms with E-state index in [4.69, 9.17) is 4.98 Å². The lowest BCUT2D eigenvalue weighted by atomic mass is 9.97. The number of likely N-dealkylation sites (tertiary alicyclic amines) is 1. The predicted molar refractivity (Wildman–Crippen MR) is 95.9 cm³/mol. The van der Waals surface area contributed by atoms with Crippen molar-refractivity contribution in [1.29, 1.82) is 0 Å². The zero-order valence-corrected chi connectivity index (χ0v) is 14.3. The number of piperidine rings is 1. The highest BCUT2D eigenvalue weighted by Gasteiger charge is 2.24. The smallest absolute Gasteiger partial charge is 0.122 e. The molecule has 1 atom stereocenters. The molecule has 4 rings (SSSR count).